The topological polar surface area (TPSA) is 12.9 Å². The van der Waals surface area contributed by atoms with E-state index in [2.05, 4.69) is 20.9 Å². The van der Waals surface area contributed by atoms with Crippen LogP contribution in [0.5, 0.6) is 0 Å². The number of nitrogens with zero attached hydrogens (tertiary/aromatic N) is 1. The summed E-state index contributed by atoms with van der Waals surface area (Å²) in [5, 5.41) is 1.66. The summed E-state index contributed by atoms with van der Waals surface area (Å²) in [5.41, 5.74) is 1.05. The lowest BCUT2D eigenvalue weighted by Crippen LogP contribution is -1.76. The zero-order valence-corrected chi connectivity index (χ0v) is 11.4. The van der Waals surface area contributed by atoms with Crippen molar-refractivity contribution in [3.05, 3.63) is 38.8 Å². The molecule has 2 aromatic rings. The highest BCUT2D eigenvalue weighted by atomic mass is 79.9. The molecule has 5 heteroatoms. The first-order chi connectivity index (χ1) is 7.20. The van der Waals surface area contributed by atoms with E-state index in [1.807, 2.05) is 18.2 Å². The van der Waals surface area contributed by atoms with Gasteiger partial charge in [-0.05, 0) is 28.1 Å². The second kappa shape index (κ2) is 4.83. The molecule has 0 aliphatic carbocycles. The number of benzene rings is 1. The van der Waals surface area contributed by atoms with E-state index in [1.165, 1.54) is 0 Å². The van der Waals surface area contributed by atoms with Crippen molar-refractivity contribution < 1.29 is 0 Å². The molecule has 0 bridgehead atoms. The van der Waals surface area contributed by atoms with Gasteiger partial charge in [0.05, 0.1) is 10.9 Å². The number of thiazole rings is 1. The van der Waals surface area contributed by atoms with Crippen molar-refractivity contribution in [2.45, 2.75) is 5.88 Å². The summed E-state index contributed by atoms with van der Waals surface area (Å²) < 4.78 is 0.879. The van der Waals surface area contributed by atoms with Crippen molar-refractivity contribution in [2.75, 3.05) is 0 Å². The monoisotopic (exact) mass is 321 g/mol. The van der Waals surface area contributed by atoms with Gasteiger partial charge in [0.15, 0.2) is 0 Å². The van der Waals surface area contributed by atoms with Crippen molar-refractivity contribution >= 4 is 50.5 Å². The molecule has 0 N–H and O–H groups in total. The minimum absolute atomic E-state index is 0.506. The van der Waals surface area contributed by atoms with E-state index in [0.29, 0.717) is 10.9 Å². The van der Waals surface area contributed by atoms with E-state index in [9.17, 15) is 0 Å². The second-order valence-electron chi connectivity index (χ2n) is 2.89. The van der Waals surface area contributed by atoms with Gasteiger partial charge in [0.1, 0.15) is 5.01 Å². The molecule has 0 fully saturated rings. The van der Waals surface area contributed by atoms with E-state index >= 15 is 0 Å². The van der Waals surface area contributed by atoms with Gasteiger partial charge in [-0.2, -0.15) is 0 Å². The summed E-state index contributed by atoms with van der Waals surface area (Å²) in [6.45, 7) is 0. The number of halogens is 3. The highest BCUT2D eigenvalue weighted by molar-refractivity contribution is 9.10. The number of hydrogen-bond acceptors (Lipinski definition) is 2. The molecule has 0 saturated carbocycles. The van der Waals surface area contributed by atoms with Crippen molar-refractivity contribution in [2.24, 2.45) is 0 Å². The molecule has 0 atom stereocenters. The van der Waals surface area contributed by atoms with E-state index in [0.717, 1.165) is 19.9 Å². The molecule has 1 aromatic heterocycles. The highest BCUT2D eigenvalue weighted by Gasteiger charge is 2.06. The van der Waals surface area contributed by atoms with Gasteiger partial charge >= 0.3 is 0 Å². The SMILES string of the molecule is ClCc1cnc(-c2ccc(Cl)c(Br)c2)s1. The van der Waals surface area contributed by atoms with Crippen LogP contribution in [0.15, 0.2) is 28.9 Å². The van der Waals surface area contributed by atoms with Crippen LogP contribution in [0.2, 0.25) is 5.02 Å². The van der Waals surface area contributed by atoms with Crippen LogP contribution in [0, 0.1) is 0 Å². The Bertz CT molecular complexity index is 484. The molecule has 0 radical (unpaired) electrons. The standard InChI is InChI=1S/C10H6BrCl2NS/c11-8-3-6(1-2-9(8)13)10-14-5-7(4-12)15-10/h1-3,5H,4H2. The molecule has 78 valence electrons. The molecule has 0 amide bonds. The van der Waals surface area contributed by atoms with E-state index in [1.54, 1.807) is 17.5 Å². The van der Waals surface area contributed by atoms with Crippen molar-refractivity contribution in [3.63, 3.8) is 0 Å². The molecule has 0 spiro atoms. The number of rotatable bonds is 2. The lowest BCUT2D eigenvalue weighted by Gasteiger charge is -1.99. The summed E-state index contributed by atoms with van der Waals surface area (Å²) in [6, 6.07) is 5.76. The maximum Gasteiger partial charge on any atom is 0.123 e. The molecule has 0 aliphatic rings. The van der Waals surface area contributed by atoms with Crippen molar-refractivity contribution in [1.82, 2.24) is 4.98 Å². The molecule has 1 heterocycles. The number of aromatic nitrogens is 1. The van der Waals surface area contributed by atoms with Gasteiger partial charge in [0.25, 0.3) is 0 Å². The third-order valence-electron chi connectivity index (χ3n) is 1.85. The molecule has 2 rings (SSSR count). The Kier molecular flexibility index (Phi) is 3.67. The summed E-state index contributed by atoms with van der Waals surface area (Å²) in [6.07, 6.45) is 1.80. The summed E-state index contributed by atoms with van der Waals surface area (Å²) in [5.74, 6) is 0.506. The van der Waals surface area contributed by atoms with Gasteiger partial charge in [-0.3, -0.25) is 0 Å². The summed E-state index contributed by atoms with van der Waals surface area (Å²) in [4.78, 5) is 5.37. The molecule has 1 nitrogen and oxygen atoms in total. The molecular weight excluding hydrogens is 317 g/mol. The third-order valence-corrected chi connectivity index (χ3v) is 4.56. The van der Waals surface area contributed by atoms with Crippen LogP contribution < -0.4 is 0 Å². The van der Waals surface area contributed by atoms with Crippen molar-refractivity contribution in [1.29, 1.82) is 0 Å². The quantitative estimate of drug-likeness (QED) is 0.712. The number of hydrogen-bond donors (Lipinski definition) is 0. The Morgan fingerprint density at radius 3 is 2.80 bits per heavy atom. The van der Waals surface area contributed by atoms with Gasteiger partial charge < -0.3 is 0 Å². The molecular formula is C10H6BrCl2NS. The van der Waals surface area contributed by atoms with Crippen LogP contribution >= 0.6 is 50.5 Å². The highest BCUT2D eigenvalue weighted by Crippen LogP contribution is 2.31. The number of alkyl halides is 1. The fourth-order valence-corrected chi connectivity index (χ4v) is 2.62. The van der Waals surface area contributed by atoms with Crippen molar-refractivity contribution in [3.8, 4) is 10.6 Å². The average molecular weight is 323 g/mol. The maximum absolute atomic E-state index is 5.92. The predicted octanol–water partition coefficient (Wildman–Crippen LogP) is 4.96. The van der Waals surface area contributed by atoms with E-state index < -0.39 is 0 Å². The van der Waals surface area contributed by atoms with Gasteiger partial charge in [0, 0.05) is 21.1 Å². The van der Waals surface area contributed by atoms with Crippen LogP contribution in [0.25, 0.3) is 10.6 Å². The molecule has 15 heavy (non-hydrogen) atoms. The second-order valence-corrected chi connectivity index (χ2v) is 5.54. The lowest BCUT2D eigenvalue weighted by molar-refractivity contribution is 1.36. The first-order valence-corrected chi connectivity index (χ1v) is 6.69. The fourth-order valence-electron chi connectivity index (χ4n) is 1.13. The zero-order valence-electron chi connectivity index (χ0n) is 7.51. The van der Waals surface area contributed by atoms with Crippen LogP contribution in [-0.4, -0.2) is 4.98 Å². The maximum atomic E-state index is 5.92. The minimum atomic E-state index is 0.506. The van der Waals surface area contributed by atoms with E-state index in [-0.39, 0.29) is 0 Å². The van der Waals surface area contributed by atoms with Gasteiger partial charge in [0.2, 0.25) is 0 Å². The molecule has 0 aliphatic heterocycles. The molecule has 0 saturated heterocycles. The Balaban J connectivity index is 2.40. The first-order valence-electron chi connectivity index (χ1n) is 4.17. The molecule has 0 unspecified atom stereocenters. The van der Waals surface area contributed by atoms with Gasteiger partial charge in [-0.1, -0.05) is 17.7 Å². The first kappa shape index (κ1) is 11.4. The Morgan fingerprint density at radius 2 is 2.20 bits per heavy atom. The minimum Gasteiger partial charge on any atom is -0.244 e. The van der Waals surface area contributed by atoms with Gasteiger partial charge in [-0.25, -0.2) is 4.98 Å². The lowest BCUT2D eigenvalue weighted by atomic mass is 10.2. The molecule has 1 aromatic carbocycles. The third kappa shape index (κ3) is 2.53. The van der Waals surface area contributed by atoms with Crippen LogP contribution in [0.1, 0.15) is 4.88 Å². The smallest absolute Gasteiger partial charge is 0.123 e. The van der Waals surface area contributed by atoms with Crippen LogP contribution in [0.4, 0.5) is 0 Å². The zero-order chi connectivity index (χ0) is 10.8. The van der Waals surface area contributed by atoms with Crippen LogP contribution in [-0.2, 0) is 5.88 Å². The normalized spacial score (nSPS) is 10.6. The van der Waals surface area contributed by atoms with E-state index in [4.69, 9.17) is 23.2 Å². The Morgan fingerprint density at radius 1 is 1.40 bits per heavy atom. The largest absolute Gasteiger partial charge is 0.244 e. The summed E-state index contributed by atoms with van der Waals surface area (Å²) >= 11 is 16.6. The Labute approximate surface area is 110 Å². The predicted molar refractivity (Wildman–Crippen MR) is 69.8 cm³/mol. The summed E-state index contributed by atoms with van der Waals surface area (Å²) in [7, 11) is 0. The Hall–Kier alpha value is -0.0900. The average Bonchev–Trinajstić information content (AvgIpc) is 2.70. The van der Waals surface area contributed by atoms with Gasteiger partial charge in [-0.15, -0.1) is 22.9 Å². The fraction of sp³-hybridized carbons (Fsp3) is 0.100. The van der Waals surface area contributed by atoms with Crippen LogP contribution in [0.3, 0.4) is 0 Å².